The molecule has 0 saturated carbocycles. The first-order valence-electron chi connectivity index (χ1n) is 5.84. The molecule has 1 N–H and O–H groups in total. The lowest BCUT2D eigenvalue weighted by molar-refractivity contribution is 0.600. The highest BCUT2D eigenvalue weighted by Gasteiger charge is 1.93. The number of benzene rings is 1. The van der Waals surface area contributed by atoms with Crippen molar-refractivity contribution in [3.05, 3.63) is 33.4 Å². The molecule has 1 rings (SSSR count). The number of unbranched alkanes of at least 4 members (excludes halogenated alkanes) is 3. The maximum atomic E-state index is 3.48. The van der Waals surface area contributed by atoms with Crippen LogP contribution in [0.1, 0.15) is 31.2 Å². The van der Waals surface area contributed by atoms with Crippen LogP contribution in [-0.4, -0.2) is 11.9 Å². The van der Waals surface area contributed by atoms with Gasteiger partial charge in [-0.2, -0.15) is 0 Å². The number of halogens is 2. The van der Waals surface area contributed by atoms with Gasteiger partial charge in [0, 0.05) is 15.4 Å². The van der Waals surface area contributed by atoms with Crippen LogP contribution >= 0.6 is 38.5 Å². The van der Waals surface area contributed by atoms with Crippen molar-refractivity contribution in [3.8, 4) is 0 Å². The summed E-state index contributed by atoms with van der Waals surface area (Å²) in [7, 11) is 0. The van der Waals surface area contributed by atoms with Gasteiger partial charge in [0.25, 0.3) is 0 Å². The standard InChI is InChI=1S/C13H19BrIN/c14-9-3-1-2-4-10-16-11-12-5-7-13(15)8-6-12/h5-8,16H,1-4,9-11H2. The van der Waals surface area contributed by atoms with E-state index in [4.69, 9.17) is 0 Å². The average molecular weight is 396 g/mol. The van der Waals surface area contributed by atoms with E-state index in [-0.39, 0.29) is 0 Å². The van der Waals surface area contributed by atoms with Crippen molar-refractivity contribution in [2.75, 3.05) is 11.9 Å². The fourth-order valence-electron chi connectivity index (χ4n) is 1.53. The molecule has 0 spiro atoms. The van der Waals surface area contributed by atoms with E-state index in [1.54, 1.807) is 0 Å². The average Bonchev–Trinajstić information content (AvgIpc) is 2.30. The molecule has 1 aromatic rings. The summed E-state index contributed by atoms with van der Waals surface area (Å²) < 4.78 is 1.30. The highest BCUT2D eigenvalue weighted by molar-refractivity contribution is 14.1. The van der Waals surface area contributed by atoms with Crippen molar-refractivity contribution in [2.24, 2.45) is 0 Å². The maximum absolute atomic E-state index is 3.48. The summed E-state index contributed by atoms with van der Waals surface area (Å²) >= 11 is 5.79. The van der Waals surface area contributed by atoms with Gasteiger partial charge in [0.15, 0.2) is 0 Å². The zero-order valence-corrected chi connectivity index (χ0v) is 13.3. The molecule has 0 unspecified atom stereocenters. The quantitative estimate of drug-likeness (QED) is 0.392. The van der Waals surface area contributed by atoms with Crippen LogP contribution in [0.4, 0.5) is 0 Å². The molecule has 3 heteroatoms. The lowest BCUT2D eigenvalue weighted by Gasteiger charge is -2.04. The Bertz CT molecular complexity index is 274. The van der Waals surface area contributed by atoms with E-state index in [2.05, 4.69) is 68.1 Å². The van der Waals surface area contributed by atoms with Crippen molar-refractivity contribution >= 4 is 38.5 Å². The van der Waals surface area contributed by atoms with Gasteiger partial charge in [0.2, 0.25) is 0 Å². The Morgan fingerprint density at radius 2 is 1.69 bits per heavy atom. The monoisotopic (exact) mass is 395 g/mol. The molecule has 0 aromatic heterocycles. The molecule has 1 aromatic carbocycles. The van der Waals surface area contributed by atoms with Crippen LogP contribution in [-0.2, 0) is 6.54 Å². The summed E-state index contributed by atoms with van der Waals surface area (Å²) in [6.07, 6.45) is 5.27. The van der Waals surface area contributed by atoms with Gasteiger partial charge < -0.3 is 5.32 Å². The van der Waals surface area contributed by atoms with Crippen LogP contribution in [0.25, 0.3) is 0 Å². The molecule has 90 valence electrons. The van der Waals surface area contributed by atoms with E-state index < -0.39 is 0 Å². The molecule has 0 aliphatic carbocycles. The molecule has 0 fully saturated rings. The largest absolute Gasteiger partial charge is 0.313 e. The van der Waals surface area contributed by atoms with Crippen LogP contribution < -0.4 is 5.32 Å². The topological polar surface area (TPSA) is 12.0 Å². The minimum Gasteiger partial charge on any atom is -0.313 e. The van der Waals surface area contributed by atoms with Gasteiger partial charge in [-0.15, -0.1) is 0 Å². The number of hydrogen-bond acceptors (Lipinski definition) is 1. The van der Waals surface area contributed by atoms with Crippen molar-refractivity contribution < 1.29 is 0 Å². The first kappa shape index (κ1) is 14.5. The third-order valence-electron chi connectivity index (χ3n) is 2.48. The fourth-order valence-corrected chi connectivity index (χ4v) is 2.29. The summed E-state index contributed by atoms with van der Waals surface area (Å²) in [6, 6.07) is 8.71. The van der Waals surface area contributed by atoms with Gasteiger partial charge in [-0.25, -0.2) is 0 Å². The van der Waals surface area contributed by atoms with Crippen molar-refractivity contribution in [1.29, 1.82) is 0 Å². The lowest BCUT2D eigenvalue weighted by Crippen LogP contribution is -2.14. The van der Waals surface area contributed by atoms with Crippen LogP contribution in [0, 0.1) is 3.57 Å². The summed E-state index contributed by atoms with van der Waals surface area (Å²) in [4.78, 5) is 0. The van der Waals surface area contributed by atoms with Crippen LogP contribution in [0.2, 0.25) is 0 Å². The second-order valence-corrected chi connectivity index (χ2v) is 5.95. The Hall–Kier alpha value is 0.390. The van der Waals surface area contributed by atoms with E-state index in [1.165, 1.54) is 34.8 Å². The van der Waals surface area contributed by atoms with Crippen molar-refractivity contribution in [1.82, 2.24) is 5.32 Å². The Labute approximate surface area is 121 Å². The van der Waals surface area contributed by atoms with E-state index in [0.717, 1.165) is 18.4 Å². The molecule has 0 heterocycles. The molecule has 16 heavy (non-hydrogen) atoms. The number of rotatable bonds is 8. The third-order valence-corrected chi connectivity index (χ3v) is 3.76. The third kappa shape index (κ3) is 6.86. The molecule has 0 aliphatic rings. The molecule has 0 radical (unpaired) electrons. The summed E-state index contributed by atoms with van der Waals surface area (Å²) in [6.45, 7) is 2.13. The summed E-state index contributed by atoms with van der Waals surface area (Å²) in [5.41, 5.74) is 1.38. The Kier molecular flexibility index (Phi) is 8.51. The SMILES string of the molecule is BrCCCCCCNCc1ccc(I)cc1. The Morgan fingerprint density at radius 1 is 1.00 bits per heavy atom. The number of nitrogens with one attached hydrogen (secondary N) is 1. The molecule has 0 atom stereocenters. The zero-order chi connectivity index (χ0) is 11.6. The predicted octanol–water partition coefficient (Wildman–Crippen LogP) is 4.34. The van der Waals surface area contributed by atoms with Gasteiger partial charge in [0.05, 0.1) is 0 Å². The van der Waals surface area contributed by atoms with Gasteiger partial charge in [-0.05, 0) is 59.7 Å². The number of alkyl halides is 1. The first-order chi connectivity index (χ1) is 7.83. The predicted molar refractivity (Wildman–Crippen MR) is 83.1 cm³/mol. The van der Waals surface area contributed by atoms with Gasteiger partial charge in [-0.3, -0.25) is 0 Å². The van der Waals surface area contributed by atoms with Crippen LogP contribution in [0.5, 0.6) is 0 Å². The van der Waals surface area contributed by atoms with Crippen molar-refractivity contribution in [3.63, 3.8) is 0 Å². The first-order valence-corrected chi connectivity index (χ1v) is 8.04. The molecule has 0 bridgehead atoms. The summed E-state index contributed by atoms with van der Waals surface area (Å²) in [5.74, 6) is 0. The summed E-state index contributed by atoms with van der Waals surface area (Å²) in [5, 5.41) is 4.63. The van der Waals surface area contributed by atoms with Crippen molar-refractivity contribution in [2.45, 2.75) is 32.2 Å². The Balaban J connectivity index is 2.01. The second kappa shape index (κ2) is 9.42. The van der Waals surface area contributed by atoms with E-state index in [0.29, 0.717) is 0 Å². The smallest absolute Gasteiger partial charge is 0.0205 e. The Morgan fingerprint density at radius 3 is 2.38 bits per heavy atom. The minimum atomic E-state index is 0.995. The molecule has 0 amide bonds. The molecule has 1 nitrogen and oxygen atoms in total. The van der Waals surface area contributed by atoms with Gasteiger partial charge in [-0.1, -0.05) is 40.9 Å². The second-order valence-electron chi connectivity index (χ2n) is 3.91. The molecule has 0 saturated heterocycles. The van der Waals surface area contributed by atoms with E-state index in [1.807, 2.05) is 0 Å². The van der Waals surface area contributed by atoms with Gasteiger partial charge >= 0.3 is 0 Å². The lowest BCUT2D eigenvalue weighted by atomic mass is 10.2. The molecular formula is C13H19BrIN. The normalized spacial score (nSPS) is 10.6. The van der Waals surface area contributed by atoms with Gasteiger partial charge in [0.1, 0.15) is 0 Å². The highest BCUT2D eigenvalue weighted by atomic mass is 127. The van der Waals surface area contributed by atoms with Crippen LogP contribution in [0.3, 0.4) is 0 Å². The minimum absolute atomic E-state index is 0.995. The maximum Gasteiger partial charge on any atom is 0.0205 e. The van der Waals surface area contributed by atoms with Crippen LogP contribution in [0.15, 0.2) is 24.3 Å². The van der Waals surface area contributed by atoms with E-state index >= 15 is 0 Å². The fraction of sp³-hybridized carbons (Fsp3) is 0.538. The highest BCUT2D eigenvalue weighted by Crippen LogP contribution is 2.06. The van der Waals surface area contributed by atoms with E-state index in [9.17, 15) is 0 Å². The zero-order valence-electron chi connectivity index (χ0n) is 9.52. The molecular weight excluding hydrogens is 377 g/mol. The molecule has 0 aliphatic heterocycles. The number of hydrogen-bond donors (Lipinski definition) is 1.